The largest absolute Gasteiger partial charge is 0.449 e. The van der Waals surface area contributed by atoms with Crippen LogP contribution in [-0.4, -0.2) is 51.4 Å². The fraction of sp³-hybridized carbons (Fsp3) is 0.300. The molecule has 2 N–H and O–H groups in total. The van der Waals surface area contributed by atoms with Gasteiger partial charge in [-0.3, -0.25) is 9.78 Å². The van der Waals surface area contributed by atoms with E-state index in [1.165, 1.54) is 16.7 Å². The van der Waals surface area contributed by atoms with Crippen LogP contribution in [0.5, 0.6) is 0 Å². The summed E-state index contributed by atoms with van der Waals surface area (Å²) in [6.07, 6.45) is 1.85. The lowest BCUT2D eigenvalue weighted by molar-refractivity contribution is -0.115. The predicted octanol–water partition coefficient (Wildman–Crippen LogP) is 6.01. The Labute approximate surface area is 236 Å². The van der Waals surface area contributed by atoms with Gasteiger partial charge in [0.1, 0.15) is 23.8 Å². The number of benzene rings is 1. The van der Waals surface area contributed by atoms with E-state index in [0.717, 1.165) is 5.56 Å². The third-order valence-electron chi connectivity index (χ3n) is 5.69. The monoisotopic (exact) mass is 561 g/mol. The minimum Gasteiger partial charge on any atom is -0.449 e. The fourth-order valence-electron chi connectivity index (χ4n) is 4.05. The van der Waals surface area contributed by atoms with Crippen LogP contribution in [0.15, 0.2) is 60.9 Å². The van der Waals surface area contributed by atoms with Crippen LogP contribution in [0.4, 0.5) is 19.8 Å². The summed E-state index contributed by atoms with van der Waals surface area (Å²) >= 11 is 0. The minimum atomic E-state index is -0.733. The number of amides is 2. The molecule has 10 nitrogen and oxygen atoms in total. The number of aromatic nitrogens is 3. The molecule has 2 amide bonds. The van der Waals surface area contributed by atoms with Crippen molar-refractivity contribution < 1.29 is 28.2 Å². The number of carbonyl (C=O) groups excluding carboxylic acids is 3. The van der Waals surface area contributed by atoms with E-state index in [4.69, 9.17) is 9.47 Å². The van der Waals surface area contributed by atoms with E-state index in [1.54, 1.807) is 69.6 Å². The standard InChI is InChI=1S/C30H32FN5O5/c1-18(2)17-40-29(39)36-26(20-6-8-21(31)9-7-20)25(19-12-14-32-15-13-19)22-10-11-23(35-27(22)36)34-24(37)16-33-28(38)41-30(3,4)5/h6-15,18H,16-17H2,1-5H3,(H,33,38)(H,34,35,37). The van der Waals surface area contributed by atoms with Crippen molar-refractivity contribution in [3.8, 4) is 22.4 Å². The van der Waals surface area contributed by atoms with E-state index in [2.05, 4.69) is 20.6 Å². The van der Waals surface area contributed by atoms with Gasteiger partial charge < -0.3 is 20.1 Å². The van der Waals surface area contributed by atoms with Gasteiger partial charge in [-0.15, -0.1) is 0 Å². The molecule has 3 heterocycles. The average molecular weight is 562 g/mol. The molecule has 0 atom stereocenters. The highest BCUT2D eigenvalue weighted by atomic mass is 19.1. The Bertz CT molecular complexity index is 1560. The molecule has 214 valence electrons. The number of fused-ring (bicyclic) bond motifs is 1. The molecule has 0 saturated heterocycles. The number of nitrogens with zero attached hydrogens (tertiary/aromatic N) is 3. The molecular formula is C30H32FN5O5. The number of pyridine rings is 2. The Kier molecular flexibility index (Phi) is 8.65. The highest BCUT2D eigenvalue weighted by Gasteiger charge is 2.26. The summed E-state index contributed by atoms with van der Waals surface area (Å²) in [5.41, 5.74) is 1.93. The van der Waals surface area contributed by atoms with Crippen molar-refractivity contribution in [2.75, 3.05) is 18.5 Å². The quantitative estimate of drug-likeness (QED) is 0.283. The van der Waals surface area contributed by atoms with Crippen LogP contribution in [0.1, 0.15) is 34.6 Å². The molecule has 0 radical (unpaired) electrons. The van der Waals surface area contributed by atoms with Crippen LogP contribution >= 0.6 is 0 Å². The third kappa shape index (κ3) is 7.24. The maximum Gasteiger partial charge on any atom is 0.420 e. The molecule has 0 aliphatic rings. The van der Waals surface area contributed by atoms with Gasteiger partial charge in [0.2, 0.25) is 5.91 Å². The maximum atomic E-state index is 13.9. The minimum absolute atomic E-state index is 0.0787. The van der Waals surface area contributed by atoms with E-state index in [0.29, 0.717) is 22.2 Å². The molecule has 0 aliphatic heterocycles. The van der Waals surface area contributed by atoms with E-state index in [-0.39, 0.29) is 30.5 Å². The number of rotatable bonds is 7. The normalized spacial score (nSPS) is 11.4. The van der Waals surface area contributed by atoms with Crippen molar-refractivity contribution in [3.05, 3.63) is 66.7 Å². The second kappa shape index (κ2) is 12.2. The second-order valence-corrected chi connectivity index (χ2v) is 10.7. The number of hydrogen-bond donors (Lipinski definition) is 2. The molecule has 4 aromatic rings. The molecule has 0 spiro atoms. The molecule has 0 aliphatic carbocycles. The van der Waals surface area contributed by atoms with Crippen LogP contribution in [0.2, 0.25) is 0 Å². The van der Waals surface area contributed by atoms with Crippen molar-refractivity contribution in [2.24, 2.45) is 5.92 Å². The molecule has 0 saturated carbocycles. The Balaban J connectivity index is 1.80. The van der Waals surface area contributed by atoms with Gasteiger partial charge in [-0.1, -0.05) is 13.8 Å². The first-order valence-electron chi connectivity index (χ1n) is 13.1. The molecule has 1 aromatic carbocycles. The highest BCUT2D eigenvalue weighted by molar-refractivity contribution is 6.08. The highest BCUT2D eigenvalue weighted by Crippen LogP contribution is 2.41. The molecule has 0 unspecified atom stereocenters. The van der Waals surface area contributed by atoms with Crippen LogP contribution in [0.25, 0.3) is 33.4 Å². The van der Waals surface area contributed by atoms with E-state index in [9.17, 15) is 18.8 Å². The zero-order chi connectivity index (χ0) is 29.7. The number of halogens is 1. The first-order chi connectivity index (χ1) is 19.4. The van der Waals surface area contributed by atoms with Crippen LogP contribution < -0.4 is 10.6 Å². The number of ether oxygens (including phenoxy) is 2. The Hall–Kier alpha value is -4.80. The second-order valence-electron chi connectivity index (χ2n) is 10.7. The van der Waals surface area contributed by atoms with Gasteiger partial charge in [-0.05, 0) is 86.3 Å². The number of nitrogens with one attached hydrogen (secondary N) is 2. The van der Waals surface area contributed by atoms with Gasteiger partial charge in [0, 0.05) is 23.3 Å². The van der Waals surface area contributed by atoms with Gasteiger partial charge in [0.25, 0.3) is 0 Å². The van der Waals surface area contributed by atoms with Gasteiger partial charge in [0.05, 0.1) is 12.3 Å². The number of alkyl carbamates (subject to hydrolysis) is 1. The molecule has 11 heteroatoms. The average Bonchev–Trinajstić information content (AvgIpc) is 3.25. The smallest absolute Gasteiger partial charge is 0.420 e. The summed E-state index contributed by atoms with van der Waals surface area (Å²) in [4.78, 5) is 46.8. The predicted molar refractivity (Wildman–Crippen MR) is 153 cm³/mol. The summed E-state index contributed by atoms with van der Waals surface area (Å²) in [6.45, 7) is 8.80. The van der Waals surface area contributed by atoms with Gasteiger partial charge in [-0.2, -0.15) is 0 Å². The number of carbonyl (C=O) groups is 3. The summed E-state index contributed by atoms with van der Waals surface area (Å²) in [7, 11) is 0. The maximum absolute atomic E-state index is 13.9. The van der Waals surface area contributed by atoms with Crippen molar-refractivity contribution in [3.63, 3.8) is 0 Å². The zero-order valence-corrected chi connectivity index (χ0v) is 23.5. The SMILES string of the molecule is CC(C)COC(=O)n1c(-c2ccc(F)cc2)c(-c2ccncc2)c2ccc(NC(=O)CNC(=O)OC(C)(C)C)nc21. The summed E-state index contributed by atoms with van der Waals surface area (Å²) in [5.74, 6) is -0.741. The van der Waals surface area contributed by atoms with Crippen molar-refractivity contribution in [1.82, 2.24) is 19.9 Å². The van der Waals surface area contributed by atoms with Crippen molar-refractivity contribution >= 4 is 34.9 Å². The fourth-order valence-corrected chi connectivity index (χ4v) is 4.05. The molecule has 0 fully saturated rings. The third-order valence-corrected chi connectivity index (χ3v) is 5.69. The lowest BCUT2D eigenvalue weighted by Crippen LogP contribution is -2.37. The van der Waals surface area contributed by atoms with Crippen LogP contribution in [0, 0.1) is 11.7 Å². The first kappa shape index (κ1) is 29.2. The van der Waals surface area contributed by atoms with Crippen LogP contribution in [-0.2, 0) is 14.3 Å². The topological polar surface area (TPSA) is 124 Å². The summed E-state index contributed by atoms with van der Waals surface area (Å²) in [6, 6.07) is 12.7. The first-order valence-corrected chi connectivity index (χ1v) is 13.1. The lowest BCUT2D eigenvalue weighted by Gasteiger charge is -2.19. The van der Waals surface area contributed by atoms with Gasteiger partial charge in [-0.25, -0.2) is 23.5 Å². The Morgan fingerprint density at radius 1 is 0.976 bits per heavy atom. The van der Waals surface area contributed by atoms with E-state index >= 15 is 0 Å². The van der Waals surface area contributed by atoms with Crippen molar-refractivity contribution in [2.45, 2.75) is 40.2 Å². The molecule has 4 rings (SSSR count). The summed E-state index contributed by atoms with van der Waals surface area (Å²) < 4.78 is 26.0. The van der Waals surface area contributed by atoms with E-state index < -0.39 is 29.5 Å². The Morgan fingerprint density at radius 3 is 2.29 bits per heavy atom. The zero-order valence-electron chi connectivity index (χ0n) is 23.5. The van der Waals surface area contributed by atoms with Gasteiger partial charge in [0.15, 0.2) is 5.65 Å². The summed E-state index contributed by atoms with van der Waals surface area (Å²) in [5, 5.41) is 5.64. The number of hydrogen-bond acceptors (Lipinski definition) is 7. The molecule has 41 heavy (non-hydrogen) atoms. The van der Waals surface area contributed by atoms with Crippen LogP contribution in [0.3, 0.4) is 0 Å². The van der Waals surface area contributed by atoms with Gasteiger partial charge >= 0.3 is 12.2 Å². The molecule has 0 bridgehead atoms. The van der Waals surface area contributed by atoms with Crippen molar-refractivity contribution in [1.29, 1.82) is 0 Å². The lowest BCUT2D eigenvalue weighted by atomic mass is 9.99. The van der Waals surface area contributed by atoms with E-state index in [1.807, 2.05) is 13.8 Å². The number of anilines is 1. The Morgan fingerprint density at radius 2 is 1.66 bits per heavy atom. The molecular weight excluding hydrogens is 529 g/mol. The molecule has 3 aromatic heterocycles.